The van der Waals surface area contributed by atoms with Gasteiger partial charge >= 0.3 is 6.03 Å². The van der Waals surface area contributed by atoms with Crippen LogP contribution in [0.4, 0.5) is 14.9 Å². The number of anilines is 1. The van der Waals surface area contributed by atoms with Gasteiger partial charge in [0, 0.05) is 19.3 Å². The van der Waals surface area contributed by atoms with Crippen molar-refractivity contribution in [3.8, 4) is 0 Å². The van der Waals surface area contributed by atoms with Crippen molar-refractivity contribution in [2.24, 2.45) is 0 Å². The van der Waals surface area contributed by atoms with Crippen molar-refractivity contribution in [1.29, 1.82) is 0 Å². The fourth-order valence-corrected chi connectivity index (χ4v) is 1.98. The Bertz CT molecular complexity index is 627. The van der Waals surface area contributed by atoms with Crippen LogP contribution in [0.1, 0.15) is 11.5 Å². The minimum Gasteiger partial charge on any atom is -0.464 e. The number of rotatable bonds is 6. The van der Waals surface area contributed by atoms with Crippen LogP contribution in [0.3, 0.4) is 0 Å². The summed E-state index contributed by atoms with van der Waals surface area (Å²) >= 11 is 0. The predicted molar refractivity (Wildman–Crippen MR) is 81.1 cm³/mol. The fraction of sp³-hybridized carbons (Fsp3) is 0.312. The highest BCUT2D eigenvalue weighted by Gasteiger charge is 2.16. The van der Waals surface area contributed by atoms with Crippen LogP contribution < -0.4 is 5.32 Å². The molecular formula is C16H19FN2O3. The molecule has 1 aromatic heterocycles. The molecule has 0 aliphatic carbocycles. The van der Waals surface area contributed by atoms with Crippen LogP contribution in [0.2, 0.25) is 0 Å². The number of hydrogen-bond acceptors (Lipinski definition) is 3. The van der Waals surface area contributed by atoms with Crippen LogP contribution in [0.15, 0.2) is 40.8 Å². The molecule has 0 bridgehead atoms. The van der Waals surface area contributed by atoms with E-state index in [9.17, 15) is 9.18 Å². The van der Waals surface area contributed by atoms with Crippen molar-refractivity contribution in [3.63, 3.8) is 0 Å². The van der Waals surface area contributed by atoms with Crippen LogP contribution in [0, 0.1) is 12.7 Å². The molecular weight excluding hydrogens is 287 g/mol. The van der Waals surface area contributed by atoms with E-state index in [0.29, 0.717) is 31.1 Å². The number of methoxy groups -OCH3 is 1. The smallest absolute Gasteiger partial charge is 0.322 e. The molecule has 118 valence electrons. The average Bonchev–Trinajstić information content (AvgIpc) is 2.88. The van der Waals surface area contributed by atoms with E-state index in [-0.39, 0.29) is 6.03 Å². The first-order chi connectivity index (χ1) is 10.6. The predicted octanol–water partition coefficient (Wildman–Crippen LogP) is 3.41. The third-order valence-corrected chi connectivity index (χ3v) is 3.07. The van der Waals surface area contributed by atoms with Crippen molar-refractivity contribution in [2.45, 2.75) is 13.5 Å². The SMILES string of the molecule is COCCN(Cc1ccc(C)o1)C(=O)Nc1cccc(F)c1. The largest absolute Gasteiger partial charge is 0.464 e. The van der Waals surface area contributed by atoms with Crippen molar-refractivity contribution < 1.29 is 18.3 Å². The van der Waals surface area contributed by atoms with Gasteiger partial charge in [-0.25, -0.2) is 9.18 Å². The molecule has 2 aromatic rings. The zero-order valence-corrected chi connectivity index (χ0v) is 12.6. The Hall–Kier alpha value is -2.34. The maximum Gasteiger partial charge on any atom is 0.322 e. The molecule has 0 unspecified atom stereocenters. The molecule has 0 fully saturated rings. The van der Waals surface area contributed by atoms with Gasteiger partial charge in [-0.15, -0.1) is 0 Å². The number of hydrogen-bond donors (Lipinski definition) is 1. The normalized spacial score (nSPS) is 10.5. The lowest BCUT2D eigenvalue weighted by molar-refractivity contribution is 0.149. The molecule has 1 aromatic carbocycles. The second-order valence-electron chi connectivity index (χ2n) is 4.87. The van der Waals surface area contributed by atoms with E-state index in [1.165, 1.54) is 12.1 Å². The zero-order valence-electron chi connectivity index (χ0n) is 12.6. The Morgan fingerprint density at radius 1 is 1.36 bits per heavy atom. The van der Waals surface area contributed by atoms with Gasteiger partial charge in [-0.1, -0.05) is 6.07 Å². The number of carbonyl (C=O) groups excluding carboxylic acids is 1. The summed E-state index contributed by atoms with van der Waals surface area (Å²) in [6.07, 6.45) is 0. The van der Waals surface area contributed by atoms with Crippen LogP contribution in [0.25, 0.3) is 0 Å². The molecule has 1 heterocycles. The van der Waals surface area contributed by atoms with Gasteiger partial charge < -0.3 is 19.4 Å². The number of nitrogens with one attached hydrogen (secondary N) is 1. The van der Waals surface area contributed by atoms with E-state index in [4.69, 9.17) is 9.15 Å². The molecule has 6 heteroatoms. The quantitative estimate of drug-likeness (QED) is 0.890. The molecule has 0 saturated carbocycles. The maximum absolute atomic E-state index is 13.2. The van der Waals surface area contributed by atoms with E-state index in [1.807, 2.05) is 19.1 Å². The topological polar surface area (TPSA) is 54.7 Å². The lowest BCUT2D eigenvalue weighted by Gasteiger charge is -2.21. The van der Waals surface area contributed by atoms with Crippen molar-refractivity contribution >= 4 is 11.7 Å². The molecule has 0 atom stereocenters. The Balaban J connectivity index is 2.05. The van der Waals surface area contributed by atoms with E-state index < -0.39 is 5.82 Å². The first-order valence-corrected chi connectivity index (χ1v) is 6.94. The zero-order chi connectivity index (χ0) is 15.9. The van der Waals surface area contributed by atoms with Gasteiger partial charge in [0.2, 0.25) is 0 Å². The lowest BCUT2D eigenvalue weighted by atomic mass is 10.3. The number of carbonyl (C=O) groups is 1. The molecule has 0 aliphatic heterocycles. The highest BCUT2D eigenvalue weighted by Crippen LogP contribution is 2.13. The molecule has 0 aliphatic rings. The van der Waals surface area contributed by atoms with Crippen molar-refractivity contribution in [1.82, 2.24) is 4.90 Å². The average molecular weight is 306 g/mol. The standard InChI is InChI=1S/C16H19FN2O3/c1-12-6-7-15(22-12)11-19(8-9-21-2)16(20)18-14-5-3-4-13(17)10-14/h3-7,10H,8-9,11H2,1-2H3,(H,18,20). The molecule has 0 saturated heterocycles. The van der Waals surface area contributed by atoms with Gasteiger partial charge in [0.25, 0.3) is 0 Å². The monoisotopic (exact) mass is 306 g/mol. The third-order valence-electron chi connectivity index (χ3n) is 3.07. The first kappa shape index (κ1) is 16.0. The van der Waals surface area contributed by atoms with Crippen LogP contribution in [0.5, 0.6) is 0 Å². The summed E-state index contributed by atoms with van der Waals surface area (Å²) in [5.74, 6) is 1.07. The summed E-state index contributed by atoms with van der Waals surface area (Å²) in [7, 11) is 1.57. The number of furan rings is 1. The van der Waals surface area contributed by atoms with E-state index in [1.54, 1.807) is 24.1 Å². The number of amides is 2. The highest BCUT2D eigenvalue weighted by atomic mass is 19.1. The van der Waals surface area contributed by atoms with Crippen LogP contribution in [-0.4, -0.2) is 31.2 Å². The molecule has 0 spiro atoms. The summed E-state index contributed by atoms with van der Waals surface area (Å²) < 4.78 is 23.7. The van der Waals surface area contributed by atoms with Gasteiger partial charge in [-0.2, -0.15) is 0 Å². The summed E-state index contributed by atoms with van der Waals surface area (Å²) in [6, 6.07) is 9.09. The second-order valence-corrected chi connectivity index (χ2v) is 4.87. The lowest BCUT2D eigenvalue weighted by Crippen LogP contribution is -2.36. The number of halogens is 1. The van der Waals surface area contributed by atoms with Gasteiger partial charge in [0.1, 0.15) is 17.3 Å². The van der Waals surface area contributed by atoms with Gasteiger partial charge in [-0.05, 0) is 37.3 Å². The molecule has 2 amide bonds. The number of benzene rings is 1. The summed E-state index contributed by atoms with van der Waals surface area (Å²) in [4.78, 5) is 13.9. The van der Waals surface area contributed by atoms with Crippen LogP contribution >= 0.6 is 0 Å². The molecule has 1 N–H and O–H groups in total. The highest BCUT2D eigenvalue weighted by molar-refractivity contribution is 5.89. The maximum atomic E-state index is 13.2. The molecule has 5 nitrogen and oxygen atoms in total. The van der Waals surface area contributed by atoms with Gasteiger partial charge in [-0.3, -0.25) is 0 Å². The van der Waals surface area contributed by atoms with Gasteiger partial charge in [0.05, 0.1) is 13.2 Å². The number of nitrogens with zero attached hydrogens (tertiary/aromatic N) is 1. The molecule has 22 heavy (non-hydrogen) atoms. The first-order valence-electron chi connectivity index (χ1n) is 6.94. The van der Waals surface area contributed by atoms with Crippen molar-refractivity contribution in [2.75, 3.05) is 25.6 Å². The summed E-state index contributed by atoms with van der Waals surface area (Å²) in [5.41, 5.74) is 0.406. The van der Waals surface area contributed by atoms with Gasteiger partial charge in [0.15, 0.2) is 0 Å². The molecule has 2 rings (SSSR count). The van der Waals surface area contributed by atoms with E-state index in [2.05, 4.69) is 5.32 Å². The number of ether oxygens (including phenoxy) is 1. The Morgan fingerprint density at radius 3 is 2.82 bits per heavy atom. The van der Waals surface area contributed by atoms with Crippen molar-refractivity contribution in [3.05, 3.63) is 53.7 Å². The minimum atomic E-state index is -0.400. The second kappa shape index (κ2) is 7.61. The number of urea groups is 1. The third kappa shape index (κ3) is 4.60. The fourth-order valence-electron chi connectivity index (χ4n) is 1.98. The summed E-state index contributed by atoms with van der Waals surface area (Å²) in [5, 5.41) is 2.67. The van der Waals surface area contributed by atoms with E-state index >= 15 is 0 Å². The Kier molecular flexibility index (Phi) is 5.55. The number of aryl methyl sites for hydroxylation is 1. The van der Waals surface area contributed by atoms with E-state index in [0.717, 1.165) is 5.76 Å². The Morgan fingerprint density at radius 2 is 2.18 bits per heavy atom. The summed E-state index contributed by atoms with van der Waals surface area (Å²) in [6.45, 7) is 2.96. The van der Waals surface area contributed by atoms with Crippen LogP contribution in [-0.2, 0) is 11.3 Å². The molecule has 0 radical (unpaired) electrons. The Labute approximate surface area is 128 Å². The minimum absolute atomic E-state index is 0.318.